The van der Waals surface area contributed by atoms with Crippen LogP contribution in [-0.4, -0.2) is 4.57 Å². The fourth-order valence-corrected chi connectivity index (χ4v) is 0.709. The van der Waals surface area contributed by atoms with Crippen molar-refractivity contribution in [3.8, 4) is 0 Å². The Hall–Kier alpha value is -0.720. The van der Waals surface area contributed by atoms with Gasteiger partial charge in [0.25, 0.3) is 0 Å². The maximum absolute atomic E-state index is 3.76. The van der Waals surface area contributed by atoms with E-state index in [1.807, 2.05) is 17.8 Å². The molecule has 1 aromatic heterocycles. The first-order valence-corrected chi connectivity index (χ1v) is 2.73. The van der Waals surface area contributed by atoms with Crippen molar-refractivity contribution in [1.29, 1.82) is 0 Å². The van der Waals surface area contributed by atoms with Crippen LogP contribution < -0.4 is 0 Å². The average Bonchev–Trinajstić information content (AvgIpc) is 2.14. The predicted octanol–water partition coefficient (Wildman–Crippen LogP) is 1.40. The summed E-state index contributed by atoms with van der Waals surface area (Å²) < 4.78 is 2.03. The molecule has 1 heteroatoms. The third-order valence-corrected chi connectivity index (χ3v) is 1.18. The smallest absolute Gasteiger partial charge is 0.0106 e. The summed E-state index contributed by atoms with van der Waals surface area (Å²) in [4.78, 5) is 0. The summed E-state index contributed by atoms with van der Waals surface area (Å²) in [6.45, 7) is 3.76. The van der Waals surface area contributed by atoms with Crippen LogP contribution in [0.1, 0.15) is 5.56 Å². The van der Waals surface area contributed by atoms with Crippen molar-refractivity contribution in [2.24, 2.45) is 7.05 Å². The van der Waals surface area contributed by atoms with E-state index in [4.69, 9.17) is 0 Å². The molecule has 0 aromatic carbocycles. The van der Waals surface area contributed by atoms with Gasteiger partial charge in [0, 0.05) is 19.4 Å². The zero-order chi connectivity index (χ0) is 5.98. The molecule has 1 heterocycles. The molecular formula is C7H10N. The Morgan fingerprint density at radius 3 is 2.75 bits per heavy atom. The second-order valence-electron chi connectivity index (χ2n) is 1.94. The first-order chi connectivity index (χ1) is 3.83. The first-order valence-electron chi connectivity index (χ1n) is 2.73. The van der Waals surface area contributed by atoms with E-state index in [1.165, 1.54) is 5.56 Å². The van der Waals surface area contributed by atoms with Gasteiger partial charge in [0.2, 0.25) is 0 Å². The monoisotopic (exact) mass is 108 g/mol. The third kappa shape index (κ3) is 0.915. The Balaban J connectivity index is 2.84. The average molecular weight is 108 g/mol. The van der Waals surface area contributed by atoms with Gasteiger partial charge >= 0.3 is 0 Å². The lowest BCUT2D eigenvalue weighted by molar-refractivity contribution is 0.922. The van der Waals surface area contributed by atoms with Crippen LogP contribution in [0.2, 0.25) is 0 Å². The summed E-state index contributed by atoms with van der Waals surface area (Å²) >= 11 is 0. The molecule has 0 aliphatic rings. The lowest BCUT2D eigenvalue weighted by Gasteiger charge is -1.84. The number of aryl methyl sites for hydroxylation is 1. The van der Waals surface area contributed by atoms with E-state index < -0.39 is 0 Å². The Bertz CT molecular complexity index is 165. The van der Waals surface area contributed by atoms with Gasteiger partial charge in [-0.15, -0.1) is 0 Å². The highest BCUT2D eigenvalue weighted by Gasteiger charge is 1.86. The molecule has 1 aromatic rings. The molecule has 0 aliphatic heterocycles. The van der Waals surface area contributed by atoms with Gasteiger partial charge < -0.3 is 4.57 Å². The first kappa shape index (κ1) is 5.42. The predicted molar refractivity (Wildman–Crippen MR) is 34.5 cm³/mol. The minimum Gasteiger partial charge on any atom is -0.357 e. The summed E-state index contributed by atoms with van der Waals surface area (Å²) in [6.07, 6.45) is 4.99. The summed E-state index contributed by atoms with van der Waals surface area (Å²) in [5.74, 6) is 0. The molecule has 0 saturated heterocycles. The minimum atomic E-state index is 0.890. The lowest BCUT2D eigenvalue weighted by atomic mass is 10.3. The molecule has 8 heavy (non-hydrogen) atoms. The molecule has 0 aliphatic carbocycles. The van der Waals surface area contributed by atoms with Crippen LogP contribution in [0, 0.1) is 6.92 Å². The van der Waals surface area contributed by atoms with Gasteiger partial charge in [0.1, 0.15) is 0 Å². The van der Waals surface area contributed by atoms with E-state index in [9.17, 15) is 0 Å². The molecular weight excluding hydrogens is 98.1 g/mol. The van der Waals surface area contributed by atoms with Gasteiger partial charge in [0.15, 0.2) is 0 Å². The standard InChI is InChI=1S/C7H10N/c1-3-7-4-5-8(2)6-7/h4-6H,1,3H2,2H3. The molecule has 0 amide bonds. The zero-order valence-corrected chi connectivity index (χ0v) is 5.09. The number of hydrogen-bond acceptors (Lipinski definition) is 0. The van der Waals surface area contributed by atoms with Gasteiger partial charge in [-0.05, 0) is 25.0 Å². The van der Waals surface area contributed by atoms with Gasteiger partial charge in [-0.3, -0.25) is 0 Å². The zero-order valence-electron chi connectivity index (χ0n) is 5.09. The van der Waals surface area contributed by atoms with Crippen LogP contribution in [0.15, 0.2) is 18.5 Å². The number of aromatic nitrogens is 1. The lowest BCUT2D eigenvalue weighted by Crippen LogP contribution is -1.78. The topological polar surface area (TPSA) is 4.93 Å². The normalized spacial score (nSPS) is 9.75. The number of rotatable bonds is 1. The van der Waals surface area contributed by atoms with Crippen molar-refractivity contribution in [1.82, 2.24) is 4.57 Å². The molecule has 0 spiro atoms. The summed E-state index contributed by atoms with van der Waals surface area (Å²) in [5, 5.41) is 0. The molecule has 0 N–H and O–H groups in total. The fraction of sp³-hybridized carbons (Fsp3) is 0.286. The van der Waals surface area contributed by atoms with Gasteiger partial charge in [0.05, 0.1) is 0 Å². The Morgan fingerprint density at radius 1 is 1.75 bits per heavy atom. The second-order valence-corrected chi connectivity index (χ2v) is 1.94. The maximum atomic E-state index is 3.76. The Labute approximate surface area is 49.9 Å². The highest BCUT2D eigenvalue weighted by atomic mass is 14.9. The number of nitrogens with zero attached hydrogens (tertiary/aromatic N) is 1. The highest BCUT2D eigenvalue weighted by Crippen LogP contribution is 1.97. The number of hydrogen-bond donors (Lipinski definition) is 0. The van der Waals surface area contributed by atoms with Crippen molar-refractivity contribution in [2.45, 2.75) is 6.42 Å². The van der Waals surface area contributed by atoms with E-state index >= 15 is 0 Å². The minimum absolute atomic E-state index is 0.890. The quantitative estimate of drug-likeness (QED) is 0.512. The molecule has 1 rings (SSSR count). The van der Waals surface area contributed by atoms with Crippen molar-refractivity contribution >= 4 is 0 Å². The summed E-state index contributed by atoms with van der Waals surface area (Å²) in [5.41, 5.74) is 1.30. The van der Waals surface area contributed by atoms with Crippen molar-refractivity contribution in [2.75, 3.05) is 0 Å². The van der Waals surface area contributed by atoms with Gasteiger partial charge in [-0.2, -0.15) is 0 Å². The van der Waals surface area contributed by atoms with E-state index in [-0.39, 0.29) is 0 Å². The van der Waals surface area contributed by atoms with Crippen LogP contribution in [0.5, 0.6) is 0 Å². The van der Waals surface area contributed by atoms with Crippen molar-refractivity contribution < 1.29 is 0 Å². The molecule has 1 nitrogen and oxygen atoms in total. The van der Waals surface area contributed by atoms with E-state index in [1.54, 1.807) is 0 Å². The van der Waals surface area contributed by atoms with E-state index in [0.717, 1.165) is 6.42 Å². The SMILES string of the molecule is [CH2]Cc1ccn(C)c1. The van der Waals surface area contributed by atoms with Crippen molar-refractivity contribution in [3.63, 3.8) is 0 Å². The van der Waals surface area contributed by atoms with Gasteiger partial charge in [-0.25, -0.2) is 0 Å². The molecule has 0 fully saturated rings. The third-order valence-electron chi connectivity index (χ3n) is 1.18. The van der Waals surface area contributed by atoms with Crippen LogP contribution in [0.25, 0.3) is 0 Å². The fourth-order valence-electron chi connectivity index (χ4n) is 0.709. The summed E-state index contributed by atoms with van der Waals surface area (Å²) in [6, 6.07) is 2.08. The largest absolute Gasteiger partial charge is 0.357 e. The van der Waals surface area contributed by atoms with Crippen LogP contribution in [0.3, 0.4) is 0 Å². The van der Waals surface area contributed by atoms with E-state index in [0.29, 0.717) is 0 Å². The second kappa shape index (κ2) is 2.03. The Morgan fingerprint density at radius 2 is 2.50 bits per heavy atom. The highest BCUT2D eigenvalue weighted by molar-refractivity contribution is 5.10. The van der Waals surface area contributed by atoms with Gasteiger partial charge in [-0.1, -0.05) is 0 Å². The van der Waals surface area contributed by atoms with Crippen LogP contribution in [-0.2, 0) is 13.5 Å². The summed E-state index contributed by atoms with van der Waals surface area (Å²) in [7, 11) is 2.01. The molecule has 43 valence electrons. The van der Waals surface area contributed by atoms with Crippen LogP contribution in [0.4, 0.5) is 0 Å². The molecule has 0 unspecified atom stereocenters. The maximum Gasteiger partial charge on any atom is 0.0106 e. The molecule has 0 atom stereocenters. The molecule has 0 bridgehead atoms. The van der Waals surface area contributed by atoms with Crippen molar-refractivity contribution in [3.05, 3.63) is 30.9 Å². The molecule has 1 radical (unpaired) electrons. The molecule has 0 saturated carbocycles. The van der Waals surface area contributed by atoms with E-state index in [2.05, 4.69) is 19.2 Å². The Kier molecular flexibility index (Phi) is 1.38. The van der Waals surface area contributed by atoms with Crippen LogP contribution >= 0.6 is 0 Å².